The molecular weight excluding hydrogens is 200 g/mol. The maximum atomic E-state index is 9.91. The van der Waals surface area contributed by atoms with Crippen LogP contribution in [0.4, 0.5) is 0 Å². The predicted molar refractivity (Wildman–Crippen MR) is 62.8 cm³/mol. The Balaban J connectivity index is 1.89. The molecule has 2 N–H and O–H groups in total. The standard InChI is InChI=1S/C13H22N2O/c14-9-10-5-1-2-6-11(10)15-12-7-3-4-8-13(12)16/h10-13,15-16H,1-8H2. The Labute approximate surface area is 97.8 Å². The number of nitrogens with zero attached hydrogens (tertiary/aromatic N) is 1. The van der Waals surface area contributed by atoms with Crippen molar-refractivity contribution in [3.63, 3.8) is 0 Å². The third-order valence-electron chi connectivity index (χ3n) is 4.09. The summed E-state index contributed by atoms with van der Waals surface area (Å²) in [5, 5.41) is 22.6. The quantitative estimate of drug-likeness (QED) is 0.751. The van der Waals surface area contributed by atoms with E-state index >= 15 is 0 Å². The Kier molecular flexibility index (Phi) is 4.20. The summed E-state index contributed by atoms with van der Waals surface area (Å²) >= 11 is 0. The van der Waals surface area contributed by atoms with Gasteiger partial charge in [-0.1, -0.05) is 25.7 Å². The zero-order valence-electron chi connectivity index (χ0n) is 9.86. The molecular formula is C13H22N2O. The summed E-state index contributed by atoms with van der Waals surface area (Å²) in [6.45, 7) is 0. The van der Waals surface area contributed by atoms with Crippen LogP contribution >= 0.6 is 0 Å². The van der Waals surface area contributed by atoms with Gasteiger partial charge in [-0.3, -0.25) is 0 Å². The van der Waals surface area contributed by atoms with Gasteiger partial charge in [0.25, 0.3) is 0 Å². The average molecular weight is 222 g/mol. The molecule has 16 heavy (non-hydrogen) atoms. The average Bonchev–Trinajstić information content (AvgIpc) is 2.33. The molecule has 2 aliphatic carbocycles. The molecule has 4 unspecified atom stereocenters. The van der Waals surface area contributed by atoms with Crippen molar-refractivity contribution in [2.45, 2.75) is 69.6 Å². The van der Waals surface area contributed by atoms with Crippen LogP contribution in [0.2, 0.25) is 0 Å². The van der Waals surface area contributed by atoms with Crippen LogP contribution < -0.4 is 5.32 Å². The van der Waals surface area contributed by atoms with Gasteiger partial charge in [-0.15, -0.1) is 0 Å². The molecule has 0 radical (unpaired) electrons. The minimum absolute atomic E-state index is 0.155. The smallest absolute Gasteiger partial charge is 0.0693 e. The van der Waals surface area contributed by atoms with Crippen molar-refractivity contribution in [3.8, 4) is 6.07 Å². The summed E-state index contributed by atoms with van der Waals surface area (Å²) in [6, 6.07) is 2.96. The Morgan fingerprint density at radius 1 is 0.938 bits per heavy atom. The molecule has 0 heterocycles. The Morgan fingerprint density at radius 3 is 2.25 bits per heavy atom. The molecule has 0 aromatic rings. The van der Waals surface area contributed by atoms with Gasteiger partial charge in [0.15, 0.2) is 0 Å². The lowest BCUT2D eigenvalue weighted by atomic mass is 9.83. The highest BCUT2D eigenvalue weighted by Gasteiger charge is 2.30. The number of hydrogen-bond donors (Lipinski definition) is 2. The molecule has 0 spiro atoms. The SMILES string of the molecule is N#CC1CCCCC1NC1CCCCC1O. The molecule has 4 atom stereocenters. The van der Waals surface area contributed by atoms with Gasteiger partial charge in [-0.05, 0) is 25.7 Å². The summed E-state index contributed by atoms with van der Waals surface area (Å²) in [5.41, 5.74) is 0. The number of rotatable bonds is 2. The van der Waals surface area contributed by atoms with Crippen molar-refractivity contribution in [3.05, 3.63) is 0 Å². The highest BCUT2D eigenvalue weighted by molar-refractivity contribution is 4.97. The van der Waals surface area contributed by atoms with E-state index in [4.69, 9.17) is 5.26 Å². The van der Waals surface area contributed by atoms with Gasteiger partial charge in [0.05, 0.1) is 18.1 Å². The molecule has 3 heteroatoms. The largest absolute Gasteiger partial charge is 0.392 e. The first-order chi connectivity index (χ1) is 7.81. The number of hydrogen-bond acceptors (Lipinski definition) is 3. The molecule has 0 saturated heterocycles. The van der Waals surface area contributed by atoms with Crippen molar-refractivity contribution < 1.29 is 5.11 Å². The molecule has 2 fully saturated rings. The van der Waals surface area contributed by atoms with E-state index in [0.29, 0.717) is 6.04 Å². The van der Waals surface area contributed by atoms with Crippen molar-refractivity contribution in [2.24, 2.45) is 5.92 Å². The van der Waals surface area contributed by atoms with Gasteiger partial charge in [0.2, 0.25) is 0 Å². The lowest BCUT2D eigenvalue weighted by molar-refractivity contribution is 0.0780. The van der Waals surface area contributed by atoms with Crippen molar-refractivity contribution >= 4 is 0 Å². The number of aliphatic hydroxyl groups excluding tert-OH is 1. The Morgan fingerprint density at radius 2 is 1.56 bits per heavy atom. The zero-order valence-corrected chi connectivity index (χ0v) is 9.86. The van der Waals surface area contributed by atoms with Gasteiger partial charge in [-0.25, -0.2) is 0 Å². The second kappa shape index (κ2) is 5.65. The fraction of sp³-hybridized carbons (Fsp3) is 0.923. The first kappa shape index (κ1) is 11.9. The van der Waals surface area contributed by atoms with Gasteiger partial charge in [0, 0.05) is 12.1 Å². The lowest BCUT2D eigenvalue weighted by Crippen LogP contribution is -2.50. The van der Waals surface area contributed by atoms with Crippen LogP contribution in [0.15, 0.2) is 0 Å². The monoisotopic (exact) mass is 222 g/mol. The van der Waals surface area contributed by atoms with E-state index in [2.05, 4.69) is 11.4 Å². The molecule has 2 aliphatic rings. The molecule has 0 aliphatic heterocycles. The number of aliphatic hydroxyl groups is 1. The van der Waals surface area contributed by atoms with Crippen LogP contribution in [-0.4, -0.2) is 23.3 Å². The Hall–Kier alpha value is -0.590. The Bertz CT molecular complexity index is 261. The van der Waals surface area contributed by atoms with E-state index in [1.165, 1.54) is 19.3 Å². The van der Waals surface area contributed by atoms with Crippen LogP contribution in [0.5, 0.6) is 0 Å². The van der Waals surface area contributed by atoms with E-state index in [1.54, 1.807) is 0 Å². The van der Waals surface area contributed by atoms with E-state index < -0.39 is 0 Å². The van der Waals surface area contributed by atoms with Gasteiger partial charge >= 0.3 is 0 Å². The second-order valence-corrected chi connectivity index (χ2v) is 5.25. The van der Waals surface area contributed by atoms with Crippen LogP contribution in [0.1, 0.15) is 51.4 Å². The summed E-state index contributed by atoms with van der Waals surface area (Å²) in [4.78, 5) is 0. The van der Waals surface area contributed by atoms with Gasteiger partial charge in [0.1, 0.15) is 0 Å². The molecule has 3 nitrogen and oxygen atoms in total. The van der Waals surface area contributed by atoms with Crippen LogP contribution in [0.3, 0.4) is 0 Å². The van der Waals surface area contributed by atoms with Crippen LogP contribution in [0.25, 0.3) is 0 Å². The molecule has 2 rings (SSSR count). The zero-order chi connectivity index (χ0) is 11.4. The van der Waals surface area contributed by atoms with Crippen molar-refractivity contribution in [1.29, 1.82) is 5.26 Å². The fourth-order valence-electron chi connectivity index (χ4n) is 3.07. The van der Waals surface area contributed by atoms with E-state index in [-0.39, 0.29) is 18.1 Å². The molecule has 0 amide bonds. The van der Waals surface area contributed by atoms with Gasteiger partial charge in [-0.2, -0.15) is 5.26 Å². The highest BCUT2D eigenvalue weighted by atomic mass is 16.3. The van der Waals surface area contributed by atoms with E-state index in [0.717, 1.165) is 32.1 Å². The van der Waals surface area contributed by atoms with Crippen molar-refractivity contribution in [2.75, 3.05) is 0 Å². The molecule has 0 aromatic carbocycles. The highest BCUT2D eigenvalue weighted by Crippen LogP contribution is 2.26. The minimum atomic E-state index is -0.199. The number of nitrogens with one attached hydrogen (secondary N) is 1. The summed E-state index contributed by atoms with van der Waals surface area (Å²) < 4.78 is 0. The third-order valence-corrected chi connectivity index (χ3v) is 4.09. The maximum absolute atomic E-state index is 9.91. The first-order valence-electron chi connectivity index (χ1n) is 6.65. The summed E-state index contributed by atoms with van der Waals surface area (Å²) in [6.07, 6.45) is 8.66. The summed E-state index contributed by atoms with van der Waals surface area (Å²) in [7, 11) is 0. The van der Waals surface area contributed by atoms with Gasteiger partial charge < -0.3 is 10.4 Å². The lowest BCUT2D eigenvalue weighted by Gasteiger charge is -2.35. The maximum Gasteiger partial charge on any atom is 0.0693 e. The normalized spacial score (nSPS) is 40.2. The minimum Gasteiger partial charge on any atom is -0.392 e. The van der Waals surface area contributed by atoms with Crippen LogP contribution in [0, 0.1) is 17.2 Å². The topological polar surface area (TPSA) is 56.0 Å². The van der Waals surface area contributed by atoms with Crippen LogP contribution in [-0.2, 0) is 0 Å². The number of nitriles is 1. The molecule has 2 saturated carbocycles. The second-order valence-electron chi connectivity index (χ2n) is 5.25. The molecule has 0 aromatic heterocycles. The predicted octanol–water partition coefficient (Wildman–Crippen LogP) is 1.96. The summed E-state index contributed by atoms with van der Waals surface area (Å²) in [5.74, 6) is 0.155. The molecule has 90 valence electrons. The third kappa shape index (κ3) is 2.75. The van der Waals surface area contributed by atoms with E-state index in [9.17, 15) is 5.11 Å². The fourth-order valence-corrected chi connectivity index (χ4v) is 3.07. The first-order valence-corrected chi connectivity index (χ1v) is 6.65. The molecule has 0 bridgehead atoms. The van der Waals surface area contributed by atoms with E-state index in [1.807, 2.05) is 0 Å². The van der Waals surface area contributed by atoms with Crippen molar-refractivity contribution in [1.82, 2.24) is 5.32 Å².